The smallest absolute Gasteiger partial charge is 0.395 e. The molecule has 0 saturated heterocycles. The molecule has 9 nitrogen and oxygen atoms in total. The van der Waals surface area contributed by atoms with Gasteiger partial charge in [-0.25, -0.2) is 9.67 Å². The van der Waals surface area contributed by atoms with Crippen LogP contribution in [0.25, 0.3) is 5.82 Å². The van der Waals surface area contributed by atoms with Crippen molar-refractivity contribution in [3.63, 3.8) is 0 Å². The Morgan fingerprint density at radius 2 is 1.89 bits per heavy atom. The van der Waals surface area contributed by atoms with Gasteiger partial charge < -0.3 is 20.1 Å². The highest BCUT2D eigenvalue weighted by molar-refractivity contribution is 9.10. The number of pyridine rings is 1. The molecule has 6 rings (SSSR count). The van der Waals surface area contributed by atoms with Gasteiger partial charge in [-0.05, 0) is 59.7 Å². The fourth-order valence-electron chi connectivity index (χ4n) is 4.47. The van der Waals surface area contributed by atoms with Crippen molar-refractivity contribution in [1.82, 2.24) is 20.1 Å². The number of alkyl halides is 2. The van der Waals surface area contributed by atoms with Crippen LogP contribution in [0.5, 0.6) is 11.5 Å². The molecular weight excluding hydrogens is 599 g/mol. The van der Waals surface area contributed by atoms with Crippen molar-refractivity contribution in [1.29, 1.82) is 0 Å². The zero-order chi connectivity index (χ0) is 26.1. The number of ether oxygens (including phenoxy) is 2. The second-order valence-corrected chi connectivity index (χ2v) is 10.6. The lowest BCUT2D eigenvalue weighted by Gasteiger charge is -2.20. The number of nitrogens with zero attached hydrogens (tertiary/aromatic N) is 3. The van der Waals surface area contributed by atoms with Crippen molar-refractivity contribution in [3.8, 4) is 17.3 Å². The van der Waals surface area contributed by atoms with E-state index < -0.39 is 35.1 Å². The van der Waals surface area contributed by atoms with E-state index in [1.54, 1.807) is 12.1 Å². The third kappa shape index (κ3) is 4.40. The molecular formula is C23H16BrCl2F2N5O4. The van der Waals surface area contributed by atoms with Gasteiger partial charge in [0.1, 0.15) is 15.9 Å². The average molecular weight is 615 g/mol. The first-order chi connectivity index (χ1) is 17.6. The summed E-state index contributed by atoms with van der Waals surface area (Å²) in [7, 11) is 0. The van der Waals surface area contributed by atoms with Crippen LogP contribution in [0.2, 0.25) is 10.0 Å². The van der Waals surface area contributed by atoms with E-state index in [2.05, 4.69) is 46.1 Å². The number of nitrogens with one attached hydrogen (secondary N) is 2. The molecule has 0 spiro atoms. The number of anilines is 1. The zero-order valence-electron chi connectivity index (χ0n) is 18.7. The SMILES string of the molecule is O=C(NC1(C2CC2)CC1)c1c(NC(=O)c2cc(Br)nn2-c2ncccc2Cl)c(Cl)cc2c1OC(F)(F)O2. The molecule has 1 aromatic carbocycles. The largest absolute Gasteiger partial charge is 0.586 e. The van der Waals surface area contributed by atoms with E-state index in [1.165, 1.54) is 16.9 Å². The summed E-state index contributed by atoms with van der Waals surface area (Å²) in [5.74, 6) is -1.89. The minimum atomic E-state index is -4.00. The maximum atomic E-state index is 14.0. The Morgan fingerprint density at radius 1 is 1.14 bits per heavy atom. The summed E-state index contributed by atoms with van der Waals surface area (Å²) in [5.41, 5.74) is -0.989. The predicted octanol–water partition coefficient (Wildman–Crippen LogP) is 5.58. The van der Waals surface area contributed by atoms with Crippen LogP contribution in [0.15, 0.2) is 35.1 Å². The van der Waals surface area contributed by atoms with Crippen LogP contribution in [0.3, 0.4) is 0 Å². The summed E-state index contributed by atoms with van der Waals surface area (Å²) >= 11 is 15.9. The highest BCUT2D eigenvalue weighted by Crippen LogP contribution is 2.55. The molecule has 14 heteroatoms. The van der Waals surface area contributed by atoms with Crippen LogP contribution in [-0.2, 0) is 0 Å². The minimum Gasteiger partial charge on any atom is -0.395 e. The van der Waals surface area contributed by atoms with E-state index in [0.29, 0.717) is 10.5 Å². The summed E-state index contributed by atoms with van der Waals surface area (Å²) in [6.45, 7) is 0. The Morgan fingerprint density at radius 3 is 2.57 bits per heavy atom. The third-order valence-electron chi connectivity index (χ3n) is 6.47. The maximum Gasteiger partial charge on any atom is 0.586 e. The molecule has 0 unspecified atom stereocenters. The monoisotopic (exact) mass is 613 g/mol. The van der Waals surface area contributed by atoms with Gasteiger partial charge >= 0.3 is 6.29 Å². The number of rotatable bonds is 6. The van der Waals surface area contributed by atoms with Crippen molar-refractivity contribution >= 4 is 56.6 Å². The first-order valence-corrected chi connectivity index (χ1v) is 12.7. The minimum absolute atomic E-state index is 0.0189. The summed E-state index contributed by atoms with van der Waals surface area (Å²) in [5, 5.41) is 9.76. The molecule has 2 N–H and O–H groups in total. The molecule has 0 bridgehead atoms. The molecule has 2 amide bonds. The molecule has 2 aliphatic carbocycles. The normalized spacial score (nSPS) is 18.4. The Balaban J connectivity index is 1.40. The van der Waals surface area contributed by atoms with E-state index in [-0.39, 0.29) is 32.8 Å². The summed E-state index contributed by atoms with van der Waals surface area (Å²) in [6, 6.07) is 5.65. The summed E-state index contributed by atoms with van der Waals surface area (Å²) < 4.78 is 38.7. The van der Waals surface area contributed by atoms with E-state index >= 15 is 0 Å². The molecule has 0 radical (unpaired) electrons. The molecule has 3 aromatic rings. The van der Waals surface area contributed by atoms with Gasteiger partial charge in [0.05, 0.1) is 15.7 Å². The van der Waals surface area contributed by atoms with Crippen molar-refractivity contribution in [2.24, 2.45) is 5.92 Å². The van der Waals surface area contributed by atoms with Crippen molar-refractivity contribution < 1.29 is 27.8 Å². The fourth-order valence-corrected chi connectivity index (χ4v) is 5.29. The third-order valence-corrected chi connectivity index (χ3v) is 7.46. The van der Waals surface area contributed by atoms with Crippen LogP contribution >= 0.6 is 39.1 Å². The summed E-state index contributed by atoms with van der Waals surface area (Å²) in [6.07, 6.45) is 0.979. The number of hydrogen-bond acceptors (Lipinski definition) is 6. The molecule has 2 saturated carbocycles. The number of benzene rings is 1. The van der Waals surface area contributed by atoms with Crippen LogP contribution in [-0.4, -0.2) is 38.4 Å². The van der Waals surface area contributed by atoms with Gasteiger partial charge in [-0.3, -0.25) is 9.59 Å². The van der Waals surface area contributed by atoms with E-state index in [1.807, 2.05) is 0 Å². The molecule has 0 atom stereocenters. The topological polar surface area (TPSA) is 107 Å². The van der Waals surface area contributed by atoms with Gasteiger partial charge in [-0.15, -0.1) is 8.78 Å². The highest BCUT2D eigenvalue weighted by Gasteiger charge is 2.55. The molecule has 2 aromatic heterocycles. The predicted molar refractivity (Wildman–Crippen MR) is 132 cm³/mol. The van der Waals surface area contributed by atoms with Crippen molar-refractivity contribution in [2.75, 3.05) is 5.32 Å². The number of aromatic nitrogens is 3. The van der Waals surface area contributed by atoms with E-state index in [0.717, 1.165) is 31.7 Å². The summed E-state index contributed by atoms with van der Waals surface area (Å²) in [4.78, 5) is 31.1. The quantitative estimate of drug-likeness (QED) is 0.375. The van der Waals surface area contributed by atoms with Crippen LogP contribution in [0, 0.1) is 5.92 Å². The average Bonchev–Trinajstić information content (AvgIpc) is 3.74. The lowest BCUT2D eigenvalue weighted by atomic mass is 10.1. The standard InChI is InChI=1S/C23H16BrCl2F2N5O4/c24-15-9-13(33(32-15)19-11(25)2-1-7-29-19)20(34)30-17-12(26)8-14-18(37-23(27,28)36-14)16(17)21(35)31-22(5-6-22)10-3-4-10/h1-2,7-10H,3-6H2,(H,30,34)(H,31,35). The highest BCUT2D eigenvalue weighted by atomic mass is 79.9. The molecule has 37 heavy (non-hydrogen) atoms. The first-order valence-electron chi connectivity index (χ1n) is 11.2. The lowest BCUT2D eigenvalue weighted by molar-refractivity contribution is -0.286. The fraction of sp³-hybridized carbons (Fsp3) is 0.304. The lowest BCUT2D eigenvalue weighted by Crippen LogP contribution is -2.39. The van der Waals surface area contributed by atoms with Gasteiger partial charge in [0.2, 0.25) is 0 Å². The second-order valence-electron chi connectivity index (χ2n) is 9.01. The Bertz CT molecular complexity index is 1480. The Kier molecular flexibility index (Phi) is 5.62. The Labute approximate surface area is 226 Å². The molecule has 2 fully saturated rings. The van der Waals surface area contributed by atoms with Crippen LogP contribution < -0.4 is 20.1 Å². The molecule has 3 aliphatic rings. The molecule has 1 aliphatic heterocycles. The molecule has 192 valence electrons. The van der Waals surface area contributed by atoms with Gasteiger partial charge in [0, 0.05) is 23.9 Å². The van der Waals surface area contributed by atoms with Gasteiger partial charge in [-0.1, -0.05) is 23.2 Å². The number of amides is 2. The van der Waals surface area contributed by atoms with Gasteiger partial charge in [0.15, 0.2) is 17.3 Å². The zero-order valence-corrected chi connectivity index (χ0v) is 21.8. The number of hydrogen-bond donors (Lipinski definition) is 2. The van der Waals surface area contributed by atoms with Gasteiger partial charge in [0.25, 0.3) is 11.8 Å². The number of carbonyl (C=O) groups is 2. The number of halogens is 5. The molecule has 3 heterocycles. The number of carbonyl (C=O) groups excluding carboxylic acids is 2. The maximum absolute atomic E-state index is 14.0. The number of fused-ring (bicyclic) bond motifs is 1. The van der Waals surface area contributed by atoms with E-state index in [4.69, 9.17) is 23.2 Å². The van der Waals surface area contributed by atoms with Crippen molar-refractivity contribution in [3.05, 3.63) is 56.4 Å². The van der Waals surface area contributed by atoms with E-state index in [9.17, 15) is 18.4 Å². The van der Waals surface area contributed by atoms with Crippen molar-refractivity contribution in [2.45, 2.75) is 37.5 Å². The van der Waals surface area contributed by atoms with Gasteiger partial charge in [-0.2, -0.15) is 5.10 Å². The Hall–Kier alpha value is -2.96. The first kappa shape index (κ1) is 24.4. The van der Waals surface area contributed by atoms with Crippen LogP contribution in [0.4, 0.5) is 14.5 Å². The second kappa shape index (κ2) is 8.53. The van der Waals surface area contributed by atoms with Crippen LogP contribution in [0.1, 0.15) is 46.5 Å².